The monoisotopic (exact) mass is 364 g/mol. The minimum Gasteiger partial charge on any atom is -0.465 e. The highest BCUT2D eigenvalue weighted by Crippen LogP contribution is 2.13. The van der Waals surface area contributed by atoms with Crippen LogP contribution in [0.4, 0.5) is 4.79 Å². The van der Waals surface area contributed by atoms with Crippen molar-refractivity contribution < 1.29 is 31.9 Å². The molecule has 0 saturated carbocycles. The maximum atomic E-state index is 12.3. The predicted molar refractivity (Wildman–Crippen MR) is 81.3 cm³/mol. The third-order valence-electron chi connectivity index (χ3n) is 3.76. The molecule has 0 aromatic carbocycles. The quantitative estimate of drug-likeness (QED) is 0.222. The lowest BCUT2D eigenvalue weighted by atomic mass is 10.0. The summed E-state index contributed by atoms with van der Waals surface area (Å²) in [6.07, 6.45) is 2.96. The van der Waals surface area contributed by atoms with Crippen molar-refractivity contribution in [3.05, 3.63) is 12.2 Å². The maximum Gasteiger partial charge on any atom is 0.413 e. The molecule has 24 heavy (non-hydrogen) atoms. The molecule has 5 N–H and O–H groups in total. The molecule has 1 fully saturated rings. The molecule has 0 bridgehead atoms. The second-order valence-electron chi connectivity index (χ2n) is 5.53. The van der Waals surface area contributed by atoms with Crippen LogP contribution in [0.1, 0.15) is 12.8 Å². The number of hydrogen-bond donors (Lipinski definition) is 5. The summed E-state index contributed by atoms with van der Waals surface area (Å²) in [5.41, 5.74) is 2.02. The van der Waals surface area contributed by atoms with E-state index in [-0.39, 0.29) is 12.6 Å². The van der Waals surface area contributed by atoms with Gasteiger partial charge in [0, 0.05) is 12.6 Å². The van der Waals surface area contributed by atoms with Crippen LogP contribution < -0.4 is 16.1 Å². The number of carboxylic acid groups (broad SMARTS) is 1. The molecule has 0 aromatic rings. The van der Waals surface area contributed by atoms with E-state index < -0.39 is 34.5 Å². The third-order valence-corrected chi connectivity index (χ3v) is 4.07. The number of carbonyl (C=O) groups is 2. The van der Waals surface area contributed by atoms with E-state index in [1.165, 1.54) is 12.2 Å². The van der Waals surface area contributed by atoms with Crippen LogP contribution in [0, 0.1) is 0 Å². The predicted octanol–water partition coefficient (Wildman–Crippen LogP) is -1.53. The second kappa shape index (κ2) is 7.90. The first-order chi connectivity index (χ1) is 11.3. The number of rotatable bonds is 5. The Labute approximate surface area is 138 Å². The SMILES string of the molecule is O=C(NC1CCNCC1)[C@@H]1C=C[C@@H](NOS(=O)(=O)O)CN1C(=O)O. The fourth-order valence-electron chi connectivity index (χ4n) is 2.61. The van der Waals surface area contributed by atoms with Gasteiger partial charge in [0.05, 0.1) is 6.04 Å². The summed E-state index contributed by atoms with van der Waals surface area (Å²) in [5.74, 6) is -0.435. The molecule has 0 spiro atoms. The van der Waals surface area contributed by atoms with Crippen molar-refractivity contribution in [3.8, 4) is 0 Å². The summed E-state index contributed by atoms with van der Waals surface area (Å²) >= 11 is 0. The van der Waals surface area contributed by atoms with Crippen LogP contribution >= 0.6 is 0 Å². The zero-order chi connectivity index (χ0) is 17.7. The molecular weight excluding hydrogens is 344 g/mol. The molecular formula is C12H20N4O7S. The number of hydrogen-bond acceptors (Lipinski definition) is 7. The zero-order valence-electron chi connectivity index (χ0n) is 12.7. The summed E-state index contributed by atoms with van der Waals surface area (Å²) in [6.45, 7) is 1.35. The number of amides is 2. The van der Waals surface area contributed by atoms with Gasteiger partial charge in [0.25, 0.3) is 0 Å². The van der Waals surface area contributed by atoms with Crippen LogP contribution in [0.25, 0.3) is 0 Å². The van der Waals surface area contributed by atoms with Gasteiger partial charge in [-0.15, -0.1) is 0 Å². The molecule has 2 atom stereocenters. The maximum absolute atomic E-state index is 12.3. The third kappa shape index (κ3) is 5.42. The van der Waals surface area contributed by atoms with Gasteiger partial charge in [0.1, 0.15) is 6.04 Å². The Bertz CT molecular complexity index is 603. The molecule has 2 aliphatic rings. The van der Waals surface area contributed by atoms with Gasteiger partial charge >= 0.3 is 16.5 Å². The number of hydroxylamine groups is 1. The summed E-state index contributed by atoms with van der Waals surface area (Å²) < 4.78 is 33.6. The molecule has 0 radical (unpaired) electrons. The highest BCUT2D eigenvalue weighted by atomic mass is 32.3. The van der Waals surface area contributed by atoms with E-state index in [0.717, 1.165) is 30.8 Å². The van der Waals surface area contributed by atoms with E-state index in [2.05, 4.69) is 14.9 Å². The average Bonchev–Trinajstić information content (AvgIpc) is 2.53. The minimum atomic E-state index is -4.71. The van der Waals surface area contributed by atoms with Crippen molar-refractivity contribution in [1.82, 2.24) is 21.0 Å². The smallest absolute Gasteiger partial charge is 0.413 e. The van der Waals surface area contributed by atoms with E-state index in [9.17, 15) is 23.1 Å². The number of carbonyl (C=O) groups excluding carboxylic acids is 1. The summed E-state index contributed by atoms with van der Waals surface area (Å²) in [6, 6.07) is -1.85. The molecule has 12 heteroatoms. The lowest BCUT2D eigenvalue weighted by Crippen LogP contribution is -2.57. The molecule has 0 aliphatic carbocycles. The Kier molecular flexibility index (Phi) is 6.12. The molecule has 136 valence electrons. The second-order valence-corrected chi connectivity index (χ2v) is 6.56. The van der Waals surface area contributed by atoms with Gasteiger partial charge in [-0.3, -0.25) is 14.2 Å². The van der Waals surface area contributed by atoms with E-state index in [4.69, 9.17) is 4.55 Å². The van der Waals surface area contributed by atoms with E-state index in [1.54, 1.807) is 0 Å². The minimum absolute atomic E-state index is 0.0125. The first kappa shape index (κ1) is 18.6. The van der Waals surface area contributed by atoms with Gasteiger partial charge < -0.3 is 15.7 Å². The normalized spacial score (nSPS) is 25.5. The van der Waals surface area contributed by atoms with Crippen molar-refractivity contribution in [2.45, 2.75) is 31.0 Å². The number of nitrogens with zero attached hydrogens (tertiary/aromatic N) is 1. The van der Waals surface area contributed by atoms with Crippen molar-refractivity contribution in [2.75, 3.05) is 19.6 Å². The zero-order valence-corrected chi connectivity index (χ0v) is 13.5. The van der Waals surface area contributed by atoms with Gasteiger partial charge in [0.15, 0.2) is 0 Å². The van der Waals surface area contributed by atoms with E-state index >= 15 is 0 Å². The molecule has 2 heterocycles. The fraction of sp³-hybridized carbons (Fsp3) is 0.667. The lowest BCUT2D eigenvalue weighted by Gasteiger charge is -2.34. The fourth-order valence-corrected chi connectivity index (χ4v) is 2.85. The van der Waals surface area contributed by atoms with Gasteiger partial charge in [-0.1, -0.05) is 12.2 Å². The van der Waals surface area contributed by atoms with Crippen LogP contribution in [0.5, 0.6) is 0 Å². The first-order valence-electron chi connectivity index (χ1n) is 7.36. The number of nitrogens with one attached hydrogen (secondary N) is 3. The average molecular weight is 364 g/mol. The summed E-state index contributed by atoms with van der Waals surface area (Å²) in [5, 5.41) is 15.3. The van der Waals surface area contributed by atoms with Crippen LogP contribution in [-0.4, -0.2) is 72.7 Å². The molecule has 0 unspecified atom stereocenters. The Hall–Kier alpha value is -1.73. The lowest BCUT2D eigenvalue weighted by molar-refractivity contribution is -0.125. The Morgan fingerprint density at radius 3 is 2.50 bits per heavy atom. The Morgan fingerprint density at radius 2 is 1.92 bits per heavy atom. The van der Waals surface area contributed by atoms with Crippen LogP contribution in [0.15, 0.2) is 12.2 Å². The van der Waals surface area contributed by atoms with Gasteiger partial charge in [-0.05, 0) is 25.9 Å². The Morgan fingerprint density at radius 1 is 1.25 bits per heavy atom. The summed E-state index contributed by atoms with van der Waals surface area (Å²) in [4.78, 5) is 24.6. The van der Waals surface area contributed by atoms with E-state index in [0.29, 0.717) is 0 Å². The van der Waals surface area contributed by atoms with Gasteiger partial charge in [-0.2, -0.15) is 18.2 Å². The van der Waals surface area contributed by atoms with Gasteiger partial charge in [-0.25, -0.2) is 4.79 Å². The molecule has 2 rings (SSSR count). The topological polar surface area (TPSA) is 157 Å². The number of piperidine rings is 1. The molecule has 2 aliphatic heterocycles. The van der Waals surface area contributed by atoms with E-state index in [1.807, 2.05) is 5.48 Å². The Balaban J connectivity index is 1.99. The van der Waals surface area contributed by atoms with Crippen LogP contribution in [-0.2, 0) is 19.5 Å². The molecule has 11 nitrogen and oxygen atoms in total. The van der Waals surface area contributed by atoms with Crippen LogP contribution in [0.3, 0.4) is 0 Å². The van der Waals surface area contributed by atoms with Crippen molar-refractivity contribution >= 4 is 22.4 Å². The van der Waals surface area contributed by atoms with Crippen molar-refractivity contribution in [3.63, 3.8) is 0 Å². The highest BCUT2D eigenvalue weighted by Gasteiger charge is 2.34. The van der Waals surface area contributed by atoms with Crippen molar-refractivity contribution in [1.29, 1.82) is 0 Å². The first-order valence-corrected chi connectivity index (χ1v) is 8.73. The van der Waals surface area contributed by atoms with Gasteiger partial charge in [0.2, 0.25) is 5.91 Å². The highest BCUT2D eigenvalue weighted by molar-refractivity contribution is 7.80. The molecule has 2 amide bonds. The molecule has 0 aromatic heterocycles. The standard InChI is InChI=1S/C12H20N4O7S/c17-11(14-8-3-5-13-6-4-8)10-2-1-9(7-16(10)12(18)19)15-23-24(20,21)22/h1-2,8-10,13,15H,3-7H2,(H,14,17)(H,18,19)(H,20,21,22)/t9-,10+/m1/s1. The largest absolute Gasteiger partial charge is 0.465 e. The molecule has 1 saturated heterocycles. The summed E-state index contributed by atoms with van der Waals surface area (Å²) in [7, 11) is -4.71. The van der Waals surface area contributed by atoms with Crippen LogP contribution in [0.2, 0.25) is 0 Å². The van der Waals surface area contributed by atoms with Crippen molar-refractivity contribution in [2.24, 2.45) is 0 Å².